The van der Waals surface area contributed by atoms with E-state index in [1.54, 1.807) is 0 Å². The van der Waals surface area contributed by atoms with Gasteiger partial charge in [0.2, 0.25) is 0 Å². The van der Waals surface area contributed by atoms with Crippen molar-refractivity contribution in [1.82, 2.24) is 4.48 Å². The van der Waals surface area contributed by atoms with Gasteiger partial charge in [-0.1, -0.05) is 113 Å². The number of benzene rings is 2. The lowest BCUT2D eigenvalue weighted by molar-refractivity contribution is 0.872. The van der Waals surface area contributed by atoms with Crippen LogP contribution in [0.15, 0.2) is 72.9 Å². The van der Waals surface area contributed by atoms with E-state index in [0.29, 0.717) is 6.85 Å². The Morgan fingerprint density at radius 3 is 1.56 bits per heavy atom. The van der Waals surface area contributed by atoms with Gasteiger partial charge < -0.3 is 4.48 Å². The lowest BCUT2D eigenvalue weighted by atomic mass is 9.62. The number of rotatable bonds is 5. The Morgan fingerprint density at radius 2 is 1.22 bits per heavy atom. The molecule has 0 fully saturated rings. The molecule has 27 heavy (non-hydrogen) atoms. The molecule has 0 amide bonds. The van der Waals surface area contributed by atoms with E-state index >= 15 is 0 Å². The molecule has 0 aliphatic carbocycles. The Morgan fingerprint density at radius 1 is 0.778 bits per heavy atom. The van der Waals surface area contributed by atoms with E-state index in [0.717, 1.165) is 0 Å². The monoisotopic (exact) mass is 409 g/mol. The van der Waals surface area contributed by atoms with Crippen LogP contribution in [0.25, 0.3) is 0 Å². The van der Waals surface area contributed by atoms with Gasteiger partial charge in [-0.2, -0.15) is 0 Å². The summed E-state index contributed by atoms with van der Waals surface area (Å²) in [6.07, 6.45) is 5.10. The van der Waals surface area contributed by atoms with Gasteiger partial charge in [-0.05, 0) is 24.7 Å². The molecule has 1 aliphatic rings. The topological polar surface area (TPSA) is 3.24 Å². The summed E-state index contributed by atoms with van der Waals surface area (Å²) in [5.41, 5.74) is 0. The molecule has 1 unspecified atom stereocenters. The molecule has 1 heterocycles. The molecule has 0 saturated carbocycles. The van der Waals surface area contributed by atoms with Gasteiger partial charge in [-0.15, -0.1) is 0 Å². The molecule has 1 nitrogen and oxygen atoms in total. The normalized spacial score (nSPS) is 20.6. The summed E-state index contributed by atoms with van der Waals surface area (Å²) in [7, 11) is -3.47. The molecular weight excluding hydrogens is 376 g/mol. The molecule has 0 aromatic heterocycles. The first-order valence-electron chi connectivity index (χ1n) is 9.97. The van der Waals surface area contributed by atoms with Gasteiger partial charge in [0.05, 0.1) is 8.07 Å². The molecule has 2 aromatic rings. The Kier molecular flexibility index (Phi) is 5.65. The zero-order valence-electron chi connectivity index (χ0n) is 17.9. The molecule has 0 radical (unpaired) electrons. The number of allylic oxidation sites excluding steroid dienone is 1. The average molecular weight is 409 g/mol. The lowest BCUT2D eigenvalue weighted by Crippen LogP contribution is -2.65. The highest BCUT2D eigenvalue weighted by Crippen LogP contribution is 2.58. The Hall–Kier alpha value is -1.09. The highest BCUT2D eigenvalue weighted by atomic mass is 31.1. The highest BCUT2D eigenvalue weighted by molar-refractivity contribution is 7.79. The number of nitrogens with zero attached hydrogens (tertiary/aromatic N) is 1. The van der Waals surface area contributed by atoms with E-state index < -0.39 is 24.2 Å². The van der Waals surface area contributed by atoms with Crippen LogP contribution in [0.4, 0.5) is 0 Å². The van der Waals surface area contributed by atoms with Crippen molar-refractivity contribution >= 4 is 41.7 Å². The van der Waals surface area contributed by atoms with Gasteiger partial charge in [0, 0.05) is 4.68 Å². The molecular formula is C22H33BNPSi2. The van der Waals surface area contributed by atoms with Gasteiger partial charge in [0.15, 0.2) is 0 Å². The van der Waals surface area contributed by atoms with E-state index in [4.69, 9.17) is 0 Å². The van der Waals surface area contributed by atoms with Crippen molar-refractivity contribution in [3.8, 4) is 0 Å². The summed E-state index contributed by atoms with van der Waals surface area (Å²) in [6.45, 7) is 18.2. The van der Waals surface area contributed by atoms with Crippen LogP contribution in [0.5, 0.6) is 0 Å². The van der Waals surface area contributed by atoms with Crippen molar-refractivity contribution in [3.05, 3.63) is 72.9 Å². The SMILES string of the molecule is CB1N([Si](C)(C)C)C=CC1(P(c1ccccc1)c1ccccc1)[Si](C)(C)C. The third-order valence-electron chi connectivity index (χ3n) is 5.92. The molecule has 142 valence electrons. The quantitative estimate of drug-likeness (QED) is 0.462. The van der Waals surface area contributed by atoms with Gasteiger partial charge in [0.1, 0.15) is 8.24 Å². The number of hydrogen-bond acceptors (Lipinski definition) is 1. The zero-order valence-corrected chi connectivity index (χ0v) is 20.8. The molecule has 0 N–H and O–H groups in total. The molecule has 0 bridgehead atoms. The van der Waals surface area contributed by atoms with Crippen LogP contribution in [0.3, 0.4) is 0 Å². The van der Waals surface area contributed by atoms with E-state index in [2.05, 4.69) is 124 Å². The minimum absolute atomic E-state index is 0.227. The molecule has 1 aliphatic heterocycles. The summed E-state index contributed by atoms with van der Waals surface area (Å²) in [5, 5.41) is 3.02. The van der Waals surface area contributed by atoms with Gasteiger partial charge in [-0.3, -0.25) is 0 Å². The van der Waals surface area contributed by atoms with Gasteiger partial charge in [0.25, 0.3) is 6.85 Å². The third-order valence-corrected chi connectivity index (χ3v) is 16.6. The fourth-order valence-corrected chi connectivity index (χ4v) is 15.0. The Bertz CT molecular complexity index is 759. The van der Waals surface area contributed by atoms with Crippen LogP contribution in [0, 0.1) is 0 Å². The van der Waals surface area contributed by atoms with Crippen LogP contribution >= 0.6 is 7.92 Å². The Balaban J connectivity index is 2.25. The maximum Gasteiger partial charge on any atom is 0.254 e. The van der Waals surface area contributed by atoms with Crippen LogP contribution in [-0.4, -0.2) is 32.3 Å². The minimum atomic E-state index is -1.56. The van der Waals surface area contributed by atoms with Crippen LogP contribution in [0.2, 0.25) is 46.1 Å². The molecule has 2 aromatic carbocycles. The van der Waals surface area contributed by atoms with Crippen molar-refractivity contribution in [2.75, 3.05) is 0 Å². The first-order chi connectivity index (χ1) is 12.6. The van der Waals surface area contributed by atoms with E-state index in [1.807, 2.05) is 0 Å². The first-order valence-corrected chi connectivity index (χ1v) is 18.3. The highest BCUT2D eigenvalue weighted by Gasteiger charge is 2.58. The fourth-order valence-electron chi connectivity index (χ4n) is 4.68. The number of hydrogen-bond donors (Lipinski definition) is 0. The van der Waals surface area contributed by atoms with Gasteiger partial charge >= 0.3 is 0 Å². The summed E-state index contributed by atoms with van der Waals surface area (Å²) in [5.74, 6) is 0. The molecule has 3 rings (SSSR count). The molecule has 1 atom stereocenters. The van der Waals surface area contributed by atoms with Crippen LogP contribution < -0.4 is 10.6 Å². The second kappa shape index (κ2) is 7.39. The second-order valence-corrected chi connectivity index (χ2v) is 22.7. The minimum Gasteiger partial charge on any atom is -0.448 e. The Labute approximate surface area is 169 Å². The smallest absolute Gasteiger partial charge is 0.254 e. The second-order valence-electron chi connectivity index (χ2n) is 9.65. The average Bonchev–Trinajstić information content (AvgIpc) is 2.95. The van der Waals surface area contributed by atoms with Crippen molar-refractivity contribution in [2.45, 2.75) is 50.8 Å². The summed E-state index contributed by atoms with van der Waals surface area (Å²) >= 11 is 0. The maximum atomic E-state index is 2.74. The summed E-state index contributed by atoms with van der Waals surface area (Å²) < 4.78 is 2.97. The van der Waals surface area contributed by atoms with Crippen molar-refractivity contribution in [1.29, 1.82) is 0 Å². The van der Waals surface area contributed by atoms with E-state index in [-0.39, 0.29) is 4.68 Å². The van der Waals surface area contributed by atoms with Crippen LogP contribution in [0.1, 0.15) is 0 Å². The van der Waals surface area contributed by atoms with E-state index in [9.17, 15) is 0 Å². The van der Waals surface area contributed by atoms with Crippen molar-refractivity contribution in [3.63, 3.8) is 0 Å². The molecule has 5 heteroatoms. The fraction of sp³-hybridized carbons (Fsp3) is 0.364. The third kappa shape index (κ3) is 3.64. The standard InChI is InChI=1S/C22H33BNPSi2/c1-23-22(26(2,3)4,18-19-24(23)27(5,6)7)25(20-14-10-8-11-15-20)21-16-12-9-13-17-21/h8-19H,1-7H3. The van der Waals surface area contributed by atoms with Crippen molar-refractivity contribution < 1.29 is 0 Å². The summed E-state index contributed by atoms with van der Waals surface area (Å²) in [4.78, 5) is 0. The predicted molar refractivity (Wildman–Crippen MR) is 131 cm³/mol. The van der Waals surface area contributed by atoms with Crippen LogP contribution in [-0.2, 0) is 0 Å². The molecule has 0 saturated heterocycles. The van der Waals surface area contributed by atoms with Crippen molar-refractivity contribution in [2.24, 2.45) is 0 Å². The maximum absolute atomic E-state index is 2.74. The summed E-state index contributed by atoms with van der Waals surface area (Å²) in [6, 6.07) is 22.6. The molecule has 0 spiro atoms. The predicted octanol–water partition coefficient (Wildman–Crippen LogP) is 5.56. The van der Waals surface area contributed by atoms with Gasteiger partial charge in [-0.25, -0.2) is 0 Å². The lowest BCUT2D eigenvalue weighted by Gasteiger charge is -2.51. The first kappa shape index (κ1) is 20.6. The zero-order chi connectivity index (χ0) is 19.9. The van der Waals surface area contributed by atoms with E-state index in [1.165, 1.54) is 10.6 Å². The largest absolute Gasteiger partial charge is 0.448 e.